The van der Waals surface area contributed by atoms with E-state index in [-0.39, 0.29) is 21.3 Å². The van der Waals surface area contributed by atoms with Crippen LogP contribution in [-0.4, -0.2) is 20.8 Å². The fourth-order valence-corrected chi connectivity index (χ4v) is 3.91. The van der Waals surface area contributed by atoms with Crippen LogP contribution in [0.15, 0.2) is 77.7 Å². The van der Waals surface area contributed by atoms with Crippen LogP contribution >= 0.6 is 11.6 Å². The molecule has 3 aromatic carbocycles. The zero-order chi connectivity index (χ0) is 20.9. The molecule has 29 heavy (non-hydrogen) atoms. The summed E-state index contributed by atoms with van der Waals surface area (Å²) in [5.74, 6) is 0.332. The zero-order valence-electron chi connectivity index (χ0n) is 15.5. The largest absolute Gasteiger partial charge is 0.494 e. The lowest BCUT2D eigenvalue weighted by Crippen LogP contribution is -2.14. The Balaban J connectivity index is 1.62. The molecule has 0 spiro atoms. The van der Waals surface area contributed by atoms with E-state index in [1.165, 1.54) is 23.8 Å². The summed E-state index contributed by atoms with van der Waals surface area (Å²) < 4.78 is 28.9. The van der Waals surface area contributed by atoms with Crippen molar-refractivity contribution in [1.29, 1.82) is 0 Å². The molecule has 0 aliphatic heterocycles. The number of sulfonamides is 1. The van der Waals surface area contributed by atoms with Crippen LogP contribution in [0.4, 0.5) is 0 Å². The number of halogens is 1. The molecule has 7 heteroatoms. The third-order valence-electron chi connectivity index (χ3n) is 4.34. The first kappa shape index (κ1) is 21.0. The Morgan fingerprint density at radius 1 is 0.931 bits per heavy atom. The maximum Gasteiger partial charge on any atom is 0.239 e. The van der Waals surface area contributed by atoms with E-state index in [1.807, 2.05) is 18.2 Å². The van der Waals surface area contributed by atoms with Crippen LogP contribution in [0, 0.1) is 0 Å². The van der Waals surface area contributed by atoms with Gasteiger partial charge in [0.15, 0.2) is 5.78 Å². The molecule has 0 aromatic heterocycles. The summed E-state index contributed by atoms with van der Waals surface area (Å²) in [4.78, 5) is 12.4. The van der Waals surface area contributed by atoms with Crippen LogP contribution < -0.4 is 9.88 Å². The summed E-state index contributed by atoms with van der Waals surface area (Å²) >= 11 is 5.86. The van der Waals surface area contributed by atoms with Gasteiger partial charge >= 0.3 is 0 Å². The Morgan fingerprint density at radius 3 is 2.24 bits per heavy atom. The number of hydrogen-bond acceptors (Lipinski definition) is 4. The van der Waals surface area contributed by atoms with Gasteiger partial charge in [-0.05, 0) is 60.9 Å². The van der Waals surface area contributed by atoms with Crippen molar-refractivity contribution in [3.8, 4) is 5.75 Å². The van der Waals surface area contributed by atoms with Crippen LogP contribution in [0.5, 0.6) is 5.75 Å². The van der Waals surface area contributed by atoms with Crippen LogP contribution in [0.1, 0.15) is 27.9 Å². The average molecular weight is 430 g/mol. The van der Waals surface area contributed by atoms with E-state index >= 15 is 0 Å². The normalized spacial score (nSPS) is 11.2. The van der Waals surface area contributed by atoms with Crippen LogP contribution in [0.2, 0.25) is 5.02 Å². The molecule has 0 fully saturated rings. The van der Waals surface area contributed by atoms with E-state index in [9.17, 15) is 13.2 Å². The number of benzene rings is 3. The molecule has 0 heterocycles. The molecule has 0 radical (unpaired) electrons. The van der Waals surface area contributed by atoms with Gasteiger partial charge in [-0.1, -0.05) is 41.9 Å². The fourth-order valence-electron chi connectivity index (χ4n) is 2.84. The molecule has 0 aliphatic carbocycles. The number of aryl methyl sites for hydroxylation is 1. The van der Waals surface area contributed by atoms with Gasteiger partial charge in [-0.2, -0.15) is 0 Å². The van der Waals surface area contributed by atoms with Gasteiger partial charge in [0.2, 0.25) is 10.0 Å². The third kappa shape index (κ3) is 5.67. The smallest absolute Gasteiger partial charge is 0.239 e. The highest BCUT2D eigenvalue weighted by Crippen LogP contribution is 2.23. The van der Waals surface area contributed by atoms with E-state index in [0.29, 0.717) is 17.9 Å². The standard InChI is InChI=1S/C22H20ClNO4S/c23-20-13-10-18(15-21(20)29(24,26)27)22(25)17-8-11-19(12-9-17)28-14-4-7-16-5-2-1-3-6-16/h1-3,5-6,8-13,15H,4,7,14H2,(H2,24,26,27). The van der Waals surface area contributed by atoms with Crippen molar-refractivity contribution >= 4 is 27.4 Å². The minimum atomic E-state index is -4.02. The van der Waals surface area contributed by atoms with Gasteiger partial charge in [0.25, 0.3) is 0 Å². The maximum atomic E-state index is 12.6. The van der Waals surface area contributed by atoms with E-state index in [1.54, 1.807) is 24.3 Å². The quantitative estimate of drug-likeness (QED) is 0.428. The number of ketones is 1. The minimum absolute atomic E-state index is 0.0247. The van der Waals surface area contributed by atoms with Crippen molar-refractivity contribution in [3.05, 3.63) is 94.5 Å². The first-order valence-electron chi connectivity index (χ1n) is 8.98. The first-order valence-corrected chi connectivity index (χ1v) is 10.9. The Morgan fingerprint density at radius 2 is 1.59 bits per heavy atom. The monoisotopic (exact) mass is 429 g/mol. The average Bonchev–Trinajstić information content (AvgIpc) is 2.71. The van der Waals surface area contributed by atoms with E-state index < -0.39 is 10.0 Å². The summed E-state index contributed by atoms with van der Waals surface area (Å²) in [5.41, 5.74) is 1.86. The predicted octanol–water partition coefficient (Wildman–Crippen LogP) is 4.23. The summed E-state index contributed by atoms with van der Waals surface area (Å²) in [6.45, 7) is 0.567. The lowest BCUT2D eigenvalue weighted by atomic mass is 10.0. The first-order chi connectivity index (χ1) is 13.8. The summed E-state index contributed by atoms with van der Waals surface area (Å²) in [5, 5.41) is 5.12. The van der Waals surface area contributed by atoms with Crippen molar-refractivity contribution in [1.82, 2.24) is 0 Å². The number of ether oxygens (including phenoxy) is 1. The Hall–Kier alpha value is -2.67. The van der Waals surface area contributed by atoms with Crippen LogP contribution in [0.25, 0.3) is 0 Å². The highest BCUT2D eigenvalue weighted by molar-refractivity contribution is 7.89. The number of primary sulfonamides is 1. The second-order valence-corrected chi connectivity index (χ2v) is 8.42. The van der Waals surface area contributed by atoms with Gasteiger partial charge < -0.3 is 4.74 Å². The van der Waals surface area contributed by atoms with Crippen molar-refractivity contribution in [2.24, 2.45) is 5.14 Å². The van der Waals surface area contributed by atoms with Gasteiger partial charge in [0, 0.05) is 11.1 Å². The Kier molecular flexibility index (Phi) is 6.69. The molecule has 5 nitrogen and oxygen atoms in total. The lowest BCUT2D eigenvalue weighted by Gasteiger charge is -2.08. The number of hydrogen-bond donors (Lipinski definition) is 1. The van der Waals surface area contributed by atoms with E-state index in [4.69, 9.17) is 21.5 Å². The molecule has 0 saturated carbocycles. The molecule has 2 N–H and O–H groups in total. The van der Waals surface area contributed by atoms with Crippen LogP contribution in [0.3, 0.4) is 0 Å². The number of nitrogens with two attached hydrogens (primary N) is 1. The molecule has 0 amide bonds. The topological polar surface area (TPSA) is 86.5 Å². The van der Waals surface area contributed by atoms with Crippen molar-refractivity contribution in [2.75, 3.05) is 6.61 Å². The van der Waals surface area contributed by atoms with Crippen molar-refractivity contribution in [2.45, 2.75) is 17.7 Å². The van der Waals surface area contributed by atoms with Gasteiger partial charge in [0.1, 0.15) is 10.6 Å². The lowest BCUT2D eigenvalue weighted by molar-refractivity contribution is 0.103. The third-order valence-corrected chi connectivity index (χ3v) is 5.73. The molecule has 150 valence electrons. The molecule has 0 aliphatic rings. The van der Waals surface area contributed by atoms with Gasteiger partial charge in [-0.3, -0.25) is 4.79 Å². The number of rotatable bonds is 8. The van der Waals surface area contributed by atoms with E-state index in [0.717, 1.165) is 12.8 Å². The van der Waals surface area contributed by atoms with Crippen molar-refractivity contribution < 1.29 is 17.9 Å². The minimum Gasteiger partial charge on any atom is -0.494 e. The Bertz CT molecular complexity index is 1100. The van der Waals surface area contributed by atoms with E-state index in [2.05, 4.69) is 12.1 Å². The highest BCUT2D eigenvalue weighted by atomic mass is 35.5. The van der Waals surface area contributed by atoms with Gasteiger partial charge in [0.05, 0.1) is 11.6 Å². The van der Waals surface area contributed by atoms with Crippen LogP contribution in [-0.2, 0) is 16.4 Å². The molecule has 0 atom stereocenters. The van der Waals surface area contributed by atoms with Gasteiger partial charge in [-0.15, -0.1) is 0 Å². The number of carbonyl (C=O) groups excluding carboxylic acids is 1. The SMILES string of the molecule is NS(=O)(=O)c1cc(C(=O)c2ccc(OCCCc3ccccc3)cc2)ccc1Cl. The second-order valence-electron chi connectivity index (χ2n) is 6.48. The van der Waals surface area contributed by atoms with Crippen molar-refractivity contribution in [3.63, 3.8) is 0 Å². The zero-order valence-corrected chi connectivity index (χ0v) is 17.1. The molecular weight excluding hydrogens is 410 g/mol. The highest BCUT2D eigenvalue weighted by Gasteiger charge is 2.17. The predicted molar refractivity (Wildman–Crippen MR) is 113 cm³/mol. The molecule has 0 unspecified atom stereocenters. The molecule has 3 aromatic rings. The summed E-state index contributed by atoms with van der Waals surface area (Å²) in [7, 11) is -4.02. The molecule has 0 bridgehead atoms. The molecule has 0 saturated heterocycles. The summed E-state index contributed by atoms with van der Waals surface area (Å²) in [6.07, 6.45) is 1.81. The molecule has 3 rings (SSSR count). The summed E-state index contributed by atoms with van der Waals surface area (Å²) in [6, 6.07) is 20.9. The number of carbonyl (C=O) groups is 1. The van der Waals surface area contributed by atoms with Gasteiger partial charge in [-0.25, -0.2) is 13.6 Å². The second kappa shape index (κ2) is 9.22. The molecular formula is C22H20ClNO4S. The maximum absolute atomic E-state index is 12.6. The Labute approximate surface area is 175 Å². The fraction of sp³-hybridized carbons (Fsp3) is 0.136.